The highest BCUT2D eigenvalue weighted by Crippen LogP contribution is 2.19. The molecule has 1 amide bonds. The smallest absolute Gasteiger partial charge is 0.243 e. The average molecular weight is 205 g/mol. The standard InChI is InChI=1S/C11H15N3O/c1-3-11(15)12-9-5-4-8-7-14(2)13-10(8)6-9/h3,7,9H,1,4-6H2,2H3,(H,12,15). The fourth-order valence-electron chi connectivity index (χ4n) is 2.01. The SMILES string of the molecule is C=CC(=O)NC1CCc2cn(C)nc2C1. The van der Waals surface area contributed by atoms with Crippen LogP contribution in [0.1, 0.15) is 17.7 Å². The van der Waals surface area contributed by atoms with Crippen molar-refractivity contribution >= 4 is 5.91 Å². The molecule has 0 aromatic carbocycles. The first kappa shape index (κ1) is 9.96. The quantitative estimate of drug-likeness (QED) is 0.718. The molecule has 1 unspecified atom stereocenters. The number of hydrogen-bond donors (Lipinski definition) is 1. The molecule has 1 atom stereocenters. The first-order valence-electron chi connectivity index (χ1n) is 5.13. The summed E-state index contributed by atoms with van der Waals surface area (Å²) in [5, 5.41) is 7.29. The number of nitrogens with one attached hydrogen (secondary N) is 1. The Hall–Kier alpha value is -1.58. The Morgan fingerprint density at radius 2 is 2.60 bits per heavy atom. The van der Waals surface area contributed by atoms with Crippen LogP contribution < -0.4 is 5.32 Å². The van der Waals surface area contributed by atoms with Gasteiger partial charge in [0.15, 0.2) is 0 Å². The number of aryl methyl sites for hydroxylation is 2. The number of amides is 1. The van der Waals surface area contributed by atoms with Crippen LogP contribution in [0.3, 0.4) is 0 Å². The zero-order valence-corrected chi connectivity index (χ0v) is 8.86. The fraction of sp³-hybridized carbons (Fsp3) is 0.455. The van der Waals surface area contributed by atoms with Crippen LogP contribution in [0.25, 0.3) is 0 Å². The molecule has 1 aromatic rings. The van der Waals surface area contributed by atoms with Gasteiger partial charge in [0.25, 0.3) is 0 Å². The molecule has 80 valence electrons. The van der Waals surface area contributed by atoms with Crippen LogP contribution in [0, 0.1) is 0 Å². The summed E-state index contributed by atoms with van der Waals surface area (Å²) in [4.78, 5) is 11.1. The van der Waals surface area contributed by atoms with Gasteiger partial charge in [-0.1, -0.05) is 6.58 Å². The number of aromatic nitrogens is 2. The number of fused-ring (bicyclic) bond motifs is 1. The molecule has 0 aliphatic heterocycles. The minimum Gasteiger partial charge on any atom is -0.349 e. The van der Waals surface area contributed by atoms with Crippen LogP contribution in [0.15, 0.2) is 18.9 Å². The first-order chi connectivity index (χ1) is 7.19. The lowest BCUT2D eigenvalue weighted by molar-refractivity contribution is -0.117. The molecule has 15 heavy (non-hydrogen) atoms. The molecule has 0 fully saturated rings. The molecule has 0 saturated heterocycles. The van der Waals surface area contributed by atoms with Gasteiger partial charge in [-0.05, 0) is 24.5 Å². The Labute approximate surface area is 89.0 Å². The van der Waals surface area contributed by atoms with Crippen LogP contribution in [-0.4, -0.2) is 21.7 Å². The maximum atomic E-state index is 11.1. The number of rotatable bonds is 2. The summed E-state index contributed by atoms with van der Waals surface area (Å²) >= 11 is 0. The van der Waals surface area contributed by atoms with Gasteiger partial charge in [0, 0.05) is 25.7 Å². The highest BCUT2D eigenvalue weighted by atomic mass is 16.1. The third-order valence-electron chi connectivity index (χ3n) is 2.73. The second-order valence-electron chi connectivity index (χ2n) is 3.93. The maximum absolute atomic E-state index is 11.1. The number of carbonyl (C=O) groups excluding carboxylic acids is 1. The van der Waals surface area contributed by atoms with Gasteiger partial charge in [-0.3, -0.25) is 9.48 Å². The second kappa shape index (κ2) is 3.88. The van der Waals surface area contributed by atoms with Crippen molar-refractivity contribution in [2.75, 3.05) is 0 Å². The van der Waals surface area contributed by atoms with Crippen molar-refractivity contribution in [2.24, 2.45) is 7.05 Å². The van der Waals surface area contributed by atoms with Gasteiger partial charge in [0.2, 0.25) is 5.91 Å². The van der Waals surface area contributed by atoms with E-state index in [9.17, 15) is 4.79 Å². The molecule has 1 heterocycles. The van der Waals surface area contributed by atoms with Gasteiger partial charge in [-0.15, -0.1) is 0 Å². The summed E-state index contributed by atoms with van der Waals surface area (Å²) in [6.07, 6.45) is 6.17. The molecule has 1 N–H and O–H groups in total. The number of carbonyl (C=O) groups is 1. The lowest BCUT2D eigenvalue weighted by Gasteiger charge is -2.21. The molecule has 1 aliphatic carbocycles. The normalized spacial score (nSPS) is 19.4. The van der Waals surface area contributed by atoms with E-state index in [-0.39, 0.29) is 11.9 Å². The average Bonchev–Trinajstić information content (AvgIpc) is 2.57. The summed E-state index contributed by atoms with van der Waals surface area (Å²) < 4.78 is 1.84. The van der Waals surface area contributed by atoms with E-state index in [4.69, 9.17) is 0 Å². The Balaban J connectivity index is 2.05. The van der Waals surface area contributed by atoms with Gasteiger partial charge in [0.05, 0.1) is 5.69 Å². The van der Waals surface area contributed by atoms with E-state index in [1.54, 1.807) is 0 Å². The van der Waals surface area contributed by atoms with E-state index in [1.165, 1.54) is 11.6 Å². The molecule has 0 saturated carbocycles. The van der Waals surface area contributed by atoms with Crippen LogP contribution >= 0.6 is 0 Å². The second-order valence-corrected chi connectivity index (χ2v) is 3.93. The van der Waals surface area contributed by atoms with Crippen molar-refractivity contribution in [3.63, 3.8) is 0 Å². The predicted molar refractivity (Wildman–Crippen MR) is 57.4 cm³/mol. The van der Waals surface area contributed by atoms with E-state index in [0.29, 0.717) is 0 Å². The Kier molecular flexibility index (Phi) is 2.58. The van der Waals surface area contributed by atoms with Crippen LogP contribution in [0.4, 0.5) is 0 Å². The van der Waals surface area contributed by atoms with E-state index in [2.05, 4.69) is 23.2 Å². The van der Waals surface area contributed by atoms with Gasteiger partial charge >= 0.3 is 0 Å². The van der Waals surface area contributed by atoms with Crippen molar-refractivity contribution in [2.45, 2.75) is 25.3 Å². The largest absolute Gasteiger partial charge is 0.349 e. The van der Waals surface area contributed by atoms with Gasteiger partial charge in [-0.2, -0.15) is 5.10 Å². The number of nitrogens with zero attached hydrogens (tertiary/aromatic N) is 2. The molecule has 0 spiro atoms. The molecule has 0 bridgehead atoms. The number of hydrogen-bond acceptors (Lipinski definition) is 2. The summed E-state index contributed by atoms with van der Waals surface area (Å²) in [6.45, 7) is 3.44. The van der Waals surface area contributed by atoms with E-state index in [1.807, 2.05) is 11.7 Å². The Morgan fingerprint density at radius 1 is 1.80 bits per heavy atom. The van der Waals surface area contributed by atoms with Gasteiger partial charge in [-0.25, -0.2) is 0 Å². The van der Waals surface area contributed by atoms with Crippen molar-refractivity contribution < 1.29 is 4.79 Å². The summed E-state index contributed by atoms with van der Waals surface area (Å²) in [5.74, 6) is -0.0978. The third-order valence-corrected chi connectivity index (χ3v) is 2.73. The van der Waals surface area contributed by atoms with Crippen LogP contribution in [0.2, 0.25) is 0 Å². The minimum atomic E-state index is -0.0978. The Morgan fingerprint density at radius 3 is 3.33 bits per heavy atom. The van der Waals surface area contributed by atoms with Crippen molar-refractivity contribution in [1.82, 2.24) is 15.1 Å². The van der Waals surface area contributed by atoms with Gasteiger partial charge < -0.3 is 5.32 Å². The lowest BCUT2D eigenvalue weighted by Crippen LogP contribution is -2.37. The minimum absolute atomic E-state index is 0.0978. The molecule has 0 radical (unpaired) electrons. The molecule has 4 heteroatoms. The van der Waals surface area contributed by atoms with E-state index < -0.39 is 0 Å². The molecule has 1 aromatic heterocycles. The zero-order valence-electron chi connectivity index (χ0n) is 8.86. The molecule has 1 aliphatic rings. The monoisotopic (exact) mass is 205 g/mol. The third kappa shape index (κ3) is 2.09. The van der Waals surface area contributed by atoms with Gasteiger partial charge in [0.1, 0.15) is 0 Å². The highest BCUT2D eigenvalue weighted by Gasteiger charge is 2.21. The summed E-state index contributed by atoms with van der Waals surface area (Å²) in [7, 11) is 1.93. The predicted octanol–water partition coefficient (Wildman–Crippen LogP) is 0.580. The summed E-state index contributed by atoms with van der Waals surface area (Å²) in [6, 6.07) is 0.206. The Bertz CT molecular complexity index is 395. The topological polar surface area (TPSA) is 46.9 Å². The summed E-state index contributed by atoms with van der Waals surface area (Å²) in [5.41, 5.74) is 2.42. The van der Waals surface area contributed by atoms with Crippen molar-refractivity contribution in [3.8, 4) is 0 Å². The molecule has 4 nitrogen and oxygen atoms in total. The zero-order chi connectivity index (χ0) is 10.8. The van der Waals surface area contributed by atoms with Crippen molar-refractivity contribution in [1.29, 1.82) is 0 Å². The molecular weight excluding hydrogens is 190 g/mol. The van der Waals surface area contributed by atoms with E-state index >= 15 is 0 Å². The highest BCUT2D eigenvalue weighted by molar-refractivity contribution is 5.87. The molecular formula is C11H15N3O. The first-order valence-corrected chi connectivity index (χ1v) is 5.13. The van der Waals surface area contributed by atoms with Crippen molar-refractivity contribution in [3.05, 3.63) is 30.1 Å². The van der Waals surface area contributed by atoms with Crippen LogP contribution in [-0.2, 0) is 24.7 Å². The van der Waals surface area contributed by atoms with E-state index in [0.717, 1.165) is 25.0 Å². The lowest BCUT2D eigenvalue weighted by atomic mass is 9.94. The molecule has 2 rings (SSSR count). The fourth-order valence-corrected chi connectivity index (χ4v) is 2.01. The maximum Gasteiger partial charge on any atom is 0.243 e. The van der Waals surface area contributed by atoms with Crippen LogP contribution in [0.5, 0.6) is 0 Å².